The van der Waals surface area contributed by atoms with E-state index in [0.29, 0.717) is 12.6 Å². The minimum Gasteiger partial charge on any atom is -0.330 e. The third-order valence-corrected chi connectivity index (χ3v) is 2.81. The van der Waals surface area contributed by atoms with E-state index in [1.807, 2.05) is 6.20 Å². The summed E-state index contributed by atoms with van der Waals surface area (Å²) in [6.07, 6.45) is 5.18. The zero-order valence-corrected chi connectivity index (χ0v) is 8.45. The Labute approximate surface area is 84.5 Å². The third kappa shape index (κ3) is 1.96. The number of aromatic nitrogens is 2. The number of piperidine rings is 1. The van der Waals surface area contributed by atoms with Crippen LogP contribution in [0.2, 0.25) is 0 Å². The Morgan fingerprint density at radius 2 is 2.29 bits per heavy atom. The molecule has 1 saturated heterocycles. The first kappa shape index (κ1) is 9.68. The largest absolute Gasteiger partial charge is 0.330 e. The highest BCUT2D eigenvalue weighted by Crippen LogP contribution is 2.19. The fraction of sp³-hybridized carbons (Fsp3) is 0.700. The van der Waals surface area contributed by atoms with E-state index >= 15 is 0 Å². The van der Waals surface area contributed by atoms with E-state index in [1.165, 1.54) is 18.5 Å². The van der Waals surface area contributed by atoms with E-state index in [2.05, 4.69) is 21.2 Å². The Hall–Kier alpha value is -0.870. The van der Waals surface area contributed by atoms with Crippen LogP contribution in [0.3, 0.4) is 0 Å². The molecule has 78 valence electrons. The maximum absolute atomic E-state index is 5.56. The van der Waals surface area contributed by atoms with Crippen LogP contribution >= 0.6 is 0 Å². The summed E-state index contributed by atoms with van der Waals surface area (Å²) in [5, 5.41) is 7.75. The van der Waals surface area contributed by atoms with E-state index in [9.17, 15) is 0 Å². The molecule has 1 aliphatic rings. The van der Waals surface area contributed by atoms with Gasteiger partial charge in [-0.2, -0.15) is 5.10 Å². The van der Waals surface area contributed by atoms with Gasteiger partial charge in [0.2, 0.25) is 0 Å². The summed E-state index contributed by atoms with van der Waals surface area (Å²) in [4.78, 5) is 0. The summed E-state index contributed by atoms with van der Waals surface area (Å²) in [7, 11) is 0. The molecule has 3 N–H and O–H groups in total. The fourth-order valence-electron chi connectivity index (χ4n) is 2.07. The van der Waals surface area contributed by atoms with Crippen LogP contribution in [0.5, 0.6) is 0 Å². The van der Waals surface area contributed by atoms with Crippen LogP contribution in [0.25, 0.3) is 0 Å². The predicted molar refractivity (Wildman–Crippen MR) is 56.1 cm³/mol. The van der Waals surface area contributed by atoms with Gasteiger partial charge >= 0.3 is 0 Å². The van der Waals surface area contributed by atoms with Crippen LogP contribution in [0.15, 0.2) is 12.3 Å². The smallest absolute Gasteiger partial charge is 0.0546 e. The molecule has 0 amide bonds. The first-order valence-corrected chi connectivity index (χ1v) is 5.35. The Kier molecular flexibility index (Phi) is 3.16. The average Bonchev–Trinajstić information content (AvgIpc) is 2.68. The second-order valence-electron chi connectivity index (χ2n) is 3.79. The SMILES string of the molecule is NCCc1ccnn1C1CCNCC1. The van der Waals surface area contributed by atoms with Crippen molar-refractivity contribution >= 4 is 0 Å². The van der Waals surface area contributed by atoms with Gasteiger partial charge in [0.05, 0.1) is 6.04 Å². The molecule has 4 heteroatoms. The van der Waals surface area contributed by atoms with Crippen molar-refractivity contribution in [3.63, 3.8) is 0 Å². The van der Waals surface area contributed by atoms with Crippen LogP contribution in [-0.4, -0.2) is 29.4 Å². The number of nitrogens with two attached hydrogens (primary N) is 1. The van der Waals surface area contributed by atoms with Crippen LogP contribution in [0.4, 0.5) is 0 Å². The topological polar surface area (TPSA) is 55.9 Å². The normalized spacial score (nSPS) is 18.6. The van der Waals surface area contributed by atoms with Gasteiger partial charge in [-0.1, -0.05) is 0 Å². The summed E-state index contributed by atoms with van der Waals surface area (Å²) in [6.45, 7) is 2.91. The average molecular weight is 194 g/mol. The second-order valence-corrected chi connectivity index (χ2v) is 3.79. The lowest BCUT2D eigenvalue weighted by Gasteiger charge is -2.24. The molecular formula is C10H18N4. The van der Waals surface area contributed by atoms with Crippen molar-refractivity contribution in [1.29, 1.82) is 0 Å². The maximum Gasteiger partial charge on any atom is 0.0546 e. The monoisotopic (exact) mass is 194 g/mol. The molecule has 1 fully saturated rings. The molecule has 1 aromatic heterocycles. The Morgan fingerprint density at radius 3 is 3.00 bits per heavy atom. The lowest BCUT2D eigenvalue weighted by Crippen LogP contribution is -2.30. The molecule has 0 unspecified atom stereocenters. The molecule has 0 spiro atoms. The quantitative estimate of drug-likeness (QED) is 0.728. The lowest BCUT2D eigenvalue weighted by atomic mass is 10.1. The third-order valence-electron chi connectivity index (χ3n) is 2.81. The van der Waals surface area contributed by atoms with E-state index in [4.69, 9.17) is 5.73 Å². The van der Waals surface area contributed by atoms with Crippen molar-refractivity contribution in [3.8, 4) is 0 Å². The zero-order valence-electron chi connectivity index (χ0n) is 8.45. The van der Waals surface area contributed by atoms with Gasteiger partial charge in [-0.15, -0.1) is 0 Å². The van der Waals surface area contributed by atoms with Crippen molar-refractivity contribution in [2.45, 2.75) is 25.3 Å². The molecule has 2 heterocycles. The van der Waals surface area contributed by atoms with Crippen LogP contribution in [0, 0.1) is 0 Å². The Bertz CT molecular complexity index is 275. The summed E-state index contributed by atoms with van der Waals surface area (Å²) in [5.74, 6) is 0. The van der Waals surface area contributed by atoms with E-state index in [0.717, 1.165) is 19.5 Å². The first-order valence-electron chi connectivity index (χ1n) is 5.35. The fourth-order valence-corrected chi connectivity index (χ4v) is 2.07. The molecule has 1 aliphatic heterocycles. The molecule has 0 aromatic carbocycles. The zero-order chi connectivity index (χ0) is 9.80. The van der Waals surface area contributed by atoms with E-state index in [-0.39, 0.29) is 0 Å². The standard InChI is InChI=1S/C10H18N4/c11-5-1-9-4-8-13-14(9)10-2-6-12-7-3-10/h4,8,10,12H,1-3,5-7,11H2. The summed E-state index contributed by atoms with van der Waals surface area (Å²) >= 11 is 0. The van der Waals surface area contributed by atoms with Crippen molar-refractivity contribution in [2.24, 2.45) is 5.73 Å². The molecule has 1 aromatic rings. The molecule has 2 rings (SSSR count). The Balaban J connectivity index is 2.09. The lowest BCUT2D eigenvalue weighted by molar-refractivity contribution is 0.335. The molecule has 14 heavy (non-hydrogen) atoms. The van der Waals surface area contributed by atoms with E-state index in [1.54, 1.807) is 0 Å². The predicted octanol–water partition coefficient (Wildman–Crippen LogP) is 0.309. The van der Waals surface area contributed by atoms with E-state index < -0.39 is 0 Å². The van der Waals surface area contributed by atoms with Gasteiger partial charge in [0.25, 0.3) is 0 Å². The van der Waals surface area contributed by atoms with Crippen LogP contribution < -0.4 is 11.1 Å². The van der Waals surface area contributed by atoms with Crippen molar-refractivity contribution in [2.75, 3.05) is 19.6 Å². The highest BCUT2D eigenvalue weighted by molar-refractivity contribution is 5.03. The summed E-state index contributed by atoms with van der Waals surface area (Å²) < 4.78 is 2.16. The number of nitrogens with zero attached hydrogens (tertiary/aromatic N) is 2. The minimum atomic E-state index is 0.577. The van der Waals surface area contributed by atoms with Gasteiger partial charge in [0, 0.05) is 18.3 Å². The molecular weight excluding hydrogens is 176 g/mol. The van der Waals surface area contributed by atoms with Gasteiger partial charge in [-0.05, 0) is 38.5 Å². The van der Waals surface area contributed by atoms with Gasteiger partial charge in [0.15, 0.2) is 0 Å². The molecule has 0 saturated carbocycles. The molecule has 0 bridgehead atoms. The van der Waals surface area contributed by atoms with Crippen molar-refractivity contribution in [1.82, 2.24) is 15.1 Å². The maximum atomic E-state index is 5.56. The van der Waals surface area contributed by atoms with Crippen LogP contribution in [0.1, 0.15) is 24.6 Å². The van der Waals surface area contributed by atoms with Gasteiger partial charge < -0.3 is 11.1 Å². The van der Waals surface area contributed by atoms with Crippen molar-refractivity contribution < 1.29 is 0 Å². The number of hydrogen-bond donors (Lipinski definition) is 2. The highest BCUT2D eigenvalue weighted by Gasteiger charge is 2.17. The number of hydrogen-bond acceptors (Lipinski definition) is 3. The molecule has 4 nitrogen and oxygen atoms in total. The number of nitrogens with one attached hydrogen (secondary N) is 1. The molecule has 0 atom stereocenters. The second kappa shape index (κ2) is 4.57. The number of rotatable bonds is 3. The first-order chi connectivity index (χ1) is 6.92. The highest BCUT2D eigenvalue weighted by atomic mass is 15.3. The molecule has 0 aliphatic carbocycles. The van der Waals surface area contributed by atoms with Crippen molar-refractivity contribution in [3.05, 3.63) is 18.0 Å². The molecule has 0 radical (unpaired) electrons. The van der Waals surface area contributed by atoms with Gasteiger partial charge in [0.1, 0.15) is 0 Å². The summed E-state index contributed by atoms with van der Waals surface area (Å²) in [6, 6.07) is 2.65. The Morgan fingerprint density at radius 1 is 1.50 bits per heavy atom. The van der Waals surface area contributed by atoms with Gasteiger partial charge in [-0.25, -0.2) is 0 Å². The van der Waals surface area contributed by atoms with Gasteiger partial charge in [-0.3, -0.25) is 4.68 Å². The minimum absolute atomic E-state index is 0.577. The van der Waals surface area contributed by atoms with Crippen LogP contribution in [-0.2, 0) is 6.42 Å². The summed E-state index contributed by atoms with van der Waals surface area (Å²) in [5.41, 5.74) is 6.84.